The summed E-state index contributed by atoms with van der Waals surface area (Å²) in [4.78, 5) is 18.5. The van der Waals surface area contributed by atoms with E-state index in [1.807, 2.05) is 79.9 Å². The van der Waals surface area contributed by atoms with E-state index >= 15 is 0 Å². The van der Waals surface area contributed by atoms with Gasteiger partial charge in [0, 0.05) is 22.9 Å². The van der Waals surface area contributed by atoms with Crippen molar-refractivity contribution in [3.05, 3.63) is 104 Å². The van der Waals surface area contributed by atoms with E-state index in [1.165, 1.54) is 15.9 Å². The number of hydrogen-bond acceptors (Lipinski definition) is 7. The van der Waals surface area contributed by atoms with Gasteiger partial charge in [0.05, 0.1) is 29.0 Å². The van der Waals surface area contributed by atoms with Gasteiger partial charge in [0.2, 0.25) is 4.96 Å². The first kappa shape index (κ1) is 24.8. The molecule has 0 radical (unpaired) electrons. The quantitative estimate of drug-likeness (QED) is 0.266. The fourth-order valence-corrected chi connectivity index (χ4v) is 5.36. The maximum absolute atomic E-state index is 13.3. The summed E-state index contributed by atoms with van der Waals surface area (Å²) >= 11 is 7.70. The predicted octanol–water partition coefficient (Wildman–Crippen LogP) is 5.28. The van der Waals surface area contributed by atoms with E-state index in [9.17, 15) is 4.79 Å². The lowest BCUT2D eigenvalue weighted by Gasteiger charge is -2.05. The van der Waals surface area contributed by atoms with Gasteiger partial charge >= 0.3 is 0 Å². The van der Waals surface area contributed by atoms with Crippen LogP contribution in [0.3, 0.4) is 0 Å². The van der Waals surface area contributed by atoms with Crippen molar-refractivity contribution in [2.75, 3.05) is 13.7 Å². The maximum atomic E-state index is 13.3. The molecule has 0 atom stereocenters. The van der Waals surface area contributed by atoms with E-state index in [0.29, 0.717) is 38.4 Å². The minimum Gasteiger partial charge on any atom is -0.495 e. The number of hydrogen-bond donors (Lipinski definition) is 0. The zero-order chi connectivity index (χ0) is 26.9. The second-order valence-electron chi connectivity index (χ2n) is 8.57. The van der Waals surface area contributed by atoms with Crippen LogP contribution in [0.5, 0.6) is 11.5 Å². The van der Waals surface area contributed by atoms with Crippen molar-refractivity contribution in [2.24, 2.45) is 0 Å². The number of halogens is 1. The van der Waals surface area contributed by atoms with Crippen LogP contribution in [-0.4, -0.2) is 38.1 Å². The highest BCUT2D eigenvalue weighted by atomic mass is 35.5. The molecule has 0 N–H and O–H groups in total. The van der Waals surface area contributed by atoms with Crippen LogP contribution >= 0.6 is 22.9 Å². The Morgan fingerprint density at radius 2 is 1.77 bits per heavy atom. The lowest BCUT2D eigenvalue weighted by molar-refractivity contribution is 0.340. The van der Waals surface area contributed by atoms with Gasteiger partial charge in [0.25, 0.3) is 5.56 Å². The van der Waals surface area contributed by atoms with Gasteiger partial charge in [-0.15, -0.1) is 5.10 Å². The zero-order valence-electron chi connectivity index (χ0n) is 21.0. The Labute approximate surface area is 232 Å². The highest BCUT2D eigenvalue weighted by molar-refractivity contribution is 7.15. The number of ether oxygens (including phenoxy) is 2. The highest BCUT2D eigenvalue weighted by Gasteiger charge is 2.16. The summed E-state index contributed by atoms with van der Waals surface area (Å²) in [5.41, 5.74) is 3.69. The van der Waals surface area contributed by atoms with Crippen molar-refractivity contribution in [1.29, 1.82) is 0 Å². The molecular weight excluding hydrogens is 534 g/mol. The Morgan fingerprint density at radius 3 is 2.46 bits per heavy atom. The van der Waals surface area contributed by atoms with Gasteiger partial charge in [-0.2, -0.15) is 14.6 Å². The highest BCUT2D eigenvalue weighted by Crippen LogP contribution is 2.32. The number of rotatable bonds is 7. The summed E-state index contributed by atoms with van der Waals surface area (Å²) in [5, 5.41) is 9.78. The molecule has 3 aromatic carbocycles. The molecule has 0 spiro atoms. The monoisotopic (exact) mass is 555 g/mol. The average Bonchev–Trinajstić information content (AvgIpc) is 3.65. The van der Waals surface area contributed by atoms with E-state index < -0.39 is 0 Å². The Bertz CT molecular complexity index is 1900. The second-order valence-corrected chi connectivity index (χ2v) is 9.98. The van der Waals surface area contributed by atoms with Crippen LogP contribution in [0.2, 0.25) is 5.02 Å². The Hall–Kier alpha value is -4.47. The molecule has 3 heterocycles. The molecule has 0 saturated carbocycles. The minimum atomic E-state index is -0.245. The van der Waals surface area contributed by atoms with Gasteiger partial charge in [-0.05, 0) is 67.6 Å². The number of aromatic nitrogens is 5. The number of nitrogens with zero attached hydrogens (tertiary/aromatic N) is 5. The van der Waals surface area contributed by atoms with E-state index in [-0.39, 0.29) is 5.56 Å². The number of fused-ring (bicyclic) bond motifs is 1. The molecule has 0 aliphatic rings. The number of methoxy groups -OCH3 is 1. The van der Waals surface area contributed by atoms with E-state index in [4.69, 9.17) is 26.2 Å². The predicted molar refractivity (Wildman–Crippen MR) is 153 cm³/mol. The molecular formula is C29H22ClN5O3S. The van der Waals surface area contributed by atoms with Gasteiger partial charge in [-0.3, -0.25) is 4.79 Å². The first-order valence-electron chi connectivity index (χ1n) is 12.2. The van der Waals surface area contributed by atoms with Gasteiger partial charge in [0.15, 0.2) is 5.82 Å². The smallest absolute Gasteiger partial charge is 0.291 e. The lowest BCUT2D eigenvalue weighted by atomic mass is 10.1. The summed E-state index contributed by atoms with van der Waals surface area (Å²) < 4.78 is 14.4. The van der Waals surface area contributed by atoms with Crippen LogP contribution in [-0.2, 0) is 0 Å². The molecule has 194 valence electrons. The normalized spacial score (nSPS) is 11.8. The molecule has 0 amide bonds. The number of thiazole rings is 1. The maximum Gasteiger partial charge on any atom is 0.291 e. The SMILES string of the molecule is CCOc1ccc(-c2nc3sc(=Cc4cn(-c5ccccc5)nc4-c4ccc(OC)c(Cl)c4)c(=O)n3n2)cc1. The molecule has 6 rings (SSSR count). The Balaban J connectivity index is 1.44. The standard InChI is InChI=1S/C29H22ClN5O3S/c1-3-38-22-12-9-18(10-13-22)27-31-29-35(33-27)28(36)25(39-29)16-20-17-34(21-7-5-4-6-8-21)32-26(20)19-11-14-24(37-2)23(30)15-19/h4-17H,3H2,1-2H3. The van der Waals surface area contributed by atoms with Crippen molar-refractivity contribution in [2.45, 2.75) is 6.92 Å². The molecule has 3 aromatic heterocycles. The van der Waals surface area contributed by atoms with Gasteiger partial charge < -0.3 is 9.47 Å². The fraction of sp³-hybridized carbons (Fsp3) is 0.103. The third-order valence-corrected chi connectivity index (χ3v) is 7.34. The van der Waals surface area contributed by atoms with Crippen LogP contribution < -0.4 is 19.6 Å². The van der Waals surface area contributed by atoms with Gasteiger partial charge in [0.1, 0.15) is 17.2 Å². The average molecular weight is 556 g/mol. The zero-order valence-corrected chi connectivity index (χ0v) is 22.6. The summed E-state index contributed by atoms with van der Waals surface area (Å²) in [7, 11) is 1.57. The molecule has 8 nitrogen and oxygen atoms in total. The summed E-state index contributed by atoms with van der Waals surface area (Å²) in [6.45, 7) is 2.53. The third kappa shape index (κ3) is 4.78. The lowest BCUT2D eigenvalue weighted by Crippen LogP contribution is -2.23. The molecule has 0 bridgehead atoms. The first-order chi connectivity index (χ1) is 19.0. The Kier molecular flexibility index (Phi) is 6.60. The molecule has 39 heavy (non-hydrogen) atoms. The van der Waals surface area contributed by atoms with Crippen LogP contribution in [0.25, 0.3) is 39.4 Å². The molecule has 0 aliphatic heterocycles. The molecule has 0 unspecified atom stereocenters. The molecule has 0 aliphatic carbocycles. The van der Waals surface area contributed by atoms with Crippen LogP contribution in [0.15, 0.2) is 83.8 Å². The first-order valence-corrected chi connectivity index (χ1v) is 13.4. The molecule has 0 fully saturated rings. The molecule has 10 heteroatoms. The molecule has 6 aromatic rings. The van der Waals surface area contributed by atoms with Gasteiger partial charge in [-0.25, -0.2) is 4.68 Å². The Morgan fingerprint density at radius 1 is 1.00 bits per heavy atom. The number of benzene rings is 3. The third-order valence-electron chi connectivity index (χ3n) is 6.08. The number of para-hydroxylation sites is 1. The van der Waals surface area contributed by atoms with E-state index in [2.05, 4.69) is 10.1 Å². The summed E-state index contributed by atoms with van der Waals surface area (Å²) in [6.07, 6.45) is 3.71. The van der Waals surface area contributed by atoms with Crippen molar-refractivity contribution in [1.82, 2.24) is 24.4 Å². The van der Waals surface area contributed by atoms with Crippen LogP contribution in [0.4, 0.5) is 0 Å². The topological polar surface area (TPSA) is 83.5 Å². The van der Waals surface area contributed by atoms with Crippen molar-refractivity contribution in [3.63, 3.8) is 0 Å². The molecule has 0 saturated heterocycles. The van der Waals surface area contributed by atoms with Crippen LogP contribution in [0, 0.1) is 0 Å². The van der Waals surface area contributed by atoms with Crippen molar-refractivity contribution in [3.8, 4) is 39.8 Å². The summed E-state index contributed by atoms with van der Waals surface area (Å²) in [6, 6.07) is 22.8. The second kappa shape index (κ2) is 10.4. The fourth-order valence-electron chi connectivity index (χ4n) is 4.21. The van der Waals surface area contributed by atoms with E-state index in [1.54, 1.807) is 23.9 Å². The largest absolute Gasteiger partial charge is 0.495 e. The van der Waals surface area contributed by atoms with Crippen LogP contribution in [0.1, 0.15) is 12.5 Å². The summed E-state index contributed by atoms with van der Waals surface area (Å²) in [5.74, 6) is 1.83. The van der Waals surface area contributed by atoms with E-state index in [0.717, 1.165) is 28.1 Å². The van der Waals surface area contributed by atoms with Gasteiger partial charge in [-0.1, -0.05) is 41.1 Å². The van der Waals surface area contributed by atoms with Crippen molar-refractivity contribution >= 4 is 34.0 Å². The van der Waals surface area contributed by atoms with Crippen molar-refractivity contribution < 1.29 is 9.47 Å². The minimum absolute atomic E-state index is 0.245.